The zero-order chi connectivity index (χ0) is 19.7. The van der Waals surface area contributed by atoms with E-state index < -0.39 is 0 Å². The SMILES string of the molecule is O=C(Nc1nccs1)[C@@H]1CC=C[C@@H]2CCN(Cc3ccc(Cl)c(Cl)c3)C(=O)[C@@H]21. The molecule has 1 saturated heterocycles. The van der Waals surface area contributed by atoms with Gasteiger partial charge in [0.25, 0.3) is 0 Å². The van der Waals surface area contributed by atoms with Crippen LogP contribution >= 0.6 is 34.5 Å². The summed E-state index contributed by atoms with van der Waals surface area (Å²) in [4.78, 5) is 32.0. The Bertz CT molecular complexity index is 916. The molecule has 4 rings (SSSR count). The highest BCUT2D eigenvalue weighted by molar-refractivity contribution is 7.13. The summed E-state index contributed by atoms with van der Waals surface area (Å²) in [6.45, 7) is 1.12. The van der Waals surface area contributed by atoms with Crippen molar-refractivity contribution in [3.05, 3.63) is 57.5 Å². The molecular weight excluding hydrogens is 417 g/mol. The first-order chi connectivity index (χ1) is 13.5. The summed E-state index contributed by atoms with van der Waals surface area (Å²) in [7, 11) is 0. The maximum Gasteiger partial charge on any atom is 0.230 e. The number of halogens is 2. The smallest absolute Gasteiger partial charge is 0.230 e. The third-order valence-corrected chi connectivity index (χ3v) is 6.78. The zero-order valence-corrected chi connectivity index (χ0v) is 17.3. The average Bonchev–Trinajstić information content (AvgIpc) is 3.19. The molecule has 1 aromatic carbocycles. The van der Waals surface area contributed by atoms with E-state index >= 15 is 0 Å². The van der Waals surface area contributed by atoms with Crippen molar-refractivity contribution in [1.82, 2.24) is 9.88 Å². The molecule has 0 spiro atoms. The molecule has 146 valence electrons. The van der Waals surface area contributed by atoms with Gasteiger partial charge in [-0.25, -0.2) is 4.98 Å². The molecule has 28 heavy (non-hydrogen) atoms. The van der Waals surface area contributed by atoms with Crippen LogP contribution in [0.4, 0.5) is 5.13 Å². The van der Waals surface area contributed by atoms with Crippen molar-refractivity contribution in [1.29, 1.82) is 0 Å². The second-order valence-electron chi connectivity index (χ2n) is 7.08. The molecule has 2 heterocycles. The lowest BCUT2D eigenvalue weighted by atomic mass is 9.71. The fourth-order valence-electron chi connectivity index (χ4n) is 3.99. The number of hydrogen-bond donors (Lipinski definition) is 1. The predicted molar refractivity (Wildman–Crippen MR) is 111 cm³/mol. The molecule has 8 heteroatoms. The van der Waals surface area contributed by atoms with E-state index in [1.807, 2.05) is 22.4 Å². The van der Waals surface area contributed by atoms with Crippen LogP contribution in [0.3, 0.4) is 0 Å². The monoisotopic (exact) mass is 435 g/mol. The number of allylic oxidation sites excluding steroid dienone is 2. The number of likely N-dealkylation sites (tertiary alicyclic amines) is 1. The lowest BCUT2D eigenvalue weighted by Crippen LogP contribution is -2.50. The Labute approximate surface area is 177 Å². The first-order valence-corrected chi connectivity index (χ1v) is 10.8. The molecule has 1 aliphatic heterocycles. The largest absolute Gasteiger partial charge is 0.338 e. The topological polar surface area (TPSA) is 62.3 Å². The number of hydrogen-bond acceptors (Lipinski definition) is 4. The van der Waals surface area contributed by atoms with Crippen molar-refractivity contribution >= 4 is 51.5 Å². The Hall–Kier alpha value is -1.89. The molecule has 1 aliphatic carbocycles. The normalized spacial score (nSPS) is 24.1. The quantitative estimate of drug-likeness (QED) is 0.711. The minimum atomic E-state index is -0.386. The first-order valence-electron chi connectivity index (χ1n) is 9.12. The Balaban J connectivity index is 1.51. The molecular formula is C20H19Cl2N3O2S. The molecule has 1 N–H and O–H groups in total. The molecule has 3 atom stereocenters. The molecule has 0 unspecified atom stereocenters. The molecule has 0 saturated carbocycles. The van der Waals surface area contributed by atoms with Crippen molar-refractivity contribution in [2.24, 2.45) is 17.8 Å². The minimum absolute atomic E-state index is 0.0194. The number of fused-ring (bicyclic) bond motifs is 1. The van der Waals surface area contributed by atoms with Crippen LogP contribution in [-0.4, -0.2) is 28.2 Å². The molecule has 1 fully saturated rings. The van der Waals surface area contributed by atoms with E-state index in [1.54, 1.807) is 18.3 Å². The standard InChI is InChI=1S/C20H19Cl2N3O2S/c21-15-5-4-12(10-16(15)22)11-25-8-6-13-2-1-3-14(17(13)19(25)27)18(26)24-20-23-7-9-28-20/h1-2,4-5,7,9-10,13-14,17H,3,6,8,11H2,(H,23,24,26)/t13-,14-,17+/m1/s1. The highest BCUT2D eigenvalue weighted by Crippen LogP contribution is 2.38. The summed E-state index contributed by atoms with van der Waals surface area (Å²) < 4.78 is 0. The van der Waals surface area contributed by atoms with Crippen LogP contribution in [0.5, 0.6) is 0 Å². The van der Waals surface area contributed by atoms with Crippen LogP contribution < -0.4 is 5.32 Å². The van der Waals surface area contributed by atoms with E-state index in [2.05, 4.69) is 16.4 Å². The van der Waals surface area contributed by atoms with Crippen LogP contribution in [0.2, 0.25) is 10.0 Å². The fourth-order valence-corrected chi connectivity index (χ4v) is 4.84. The summed E-state index contributed by atoms with van der Waals surface area (Å²) in [5, 5.41) is 6.19. The second kappa shape index (κ2) is 8.23. The summed E-state index contributed by atoms with van der Waals surface area (Å²) in [6, 6.07) is 5.40. The van der Waals surface area contributed by atoms with Gasteiger partial charge in [0.15, 0.2) is 5.13 Å². The van der Waals surface area contributed by atoms with Crippen molar-refractivity contribution in [2.45, 2.75) is 19.4 Å². The number of aromatic nitrogens is 1. The second-order valence-corrected chi connectivity index (χ2v) is 8.79. The lowest BCUT2D eigenvalue weighted by molar-refractivity contribution is -0.147. The van der Waals surface area contributed by atoms with Crippen molar-refractivity contribution in [2.75, 3.05) is 11.9 Å². The Kier molecular flexibility index (Phi) is 5.71. The number of anilines is 1. The number of amides is 2. The van der Waals surface area contributed by atoms with E-state index in [4.69, 9.17) is 23.2 Å². The molecule has 2 amide bonds. The summed E-state index contributed by atoms with van der Waals surface area (Å²) in [5.41, 5.74) is 0.927. The van der Waals surface area contributed by atoms with Gasteiger partial charge < -0.3 is 10.2 Å². The van der Waals surface area contributed by atoms with E-state index in [9.17, 15) is 9.59 Å². The molecule has 0 radical (unpaired) electrons. The molecule has 2 aliphatic rings. The summed E-state index contributed by atoms with van der Waals surface area (Å²) in [5.74, 6) is -0.757. The van der Waals surface area contributed by atoms with Crippen molar-refractivity contribution in [3.63, 3.8) is 0 Å². The lowest BCUT2D eigenvalue weighted by Gasteiger charge is -2.41. The zero-order valence-electron chi connectivity index (χ0n) is 15.0. The summed E-state index contributed by atoms with van der Waals surface area (Å²) >= 11 is 13.5. The number of carbonyl (C=O) groups is 2. The average molecular weight is 436 g/mol. The maximum absolute atomic E-state index is 13.3. The van der Waals surface area contributed by atoms with E-state index in [-0.39, 0.29) is 29.6 Å². The van der Waals surface area contributed by atoms with E-state index in [0.717, 1.165) is 12.0 Å². The van der Waals surface area contributed by atoms with Crippen LogP contribution in [0.25, 0.3) is 0 Å². The highest BCUT2D eigenvalue weighted by Gasteiger charge is 2.44. The van der Waals surface area contributed by atoms with Gasteiger partial charge in [0.2, 0.25) is 11.8 Å². The van der Waals surface area contributed by atoms with Gasteiger partial charge in [-0.3, -0.25) is 9.59 Å². The fraction of sp³-hybridized carbons (Fsp3) is 0.350. The molecule has 5 nitrogen and oxygen atoms in total. The Morgan fingerprint density at radius 2 is 2.18 bits per heavy atom. The van der Waals surface area contributed by atoms with Crippen LogP contribution in [0.1, 0.15) is 18.4 Å². The van der Waals surface area contributed by atoms with Crippen LogP contribution in [0.15, 0.2) is 41.9 Å². The van der Waals surface area contributed by atoms with Gasteiger partial charge in [-0.05, 0) is 36.5 Å². The molecule has 2 aromatic rings. The van der Waals surface area contributed by atoms with Crippen molar-refractivity contribution in [3.8, 4) is 0 Å². The van der Waals surface area contributed by atoms with Gasteiger partial charge in [-0.2, -0.15) is 0 Å². The predicted octanol–water partition coefficient (Wildman–Crippen LogP) is 4.63. The molecule has 0 bridgehead atoms. The van der Waals surface area contributed by atoms with Gasteiger partial charge >= 0.3 is 0 Å². The number of carbonyl (C=O) groups excluding carboxylic acids is 2. The van der Waals surface area contributed by atoms with Gasteiger partial charge in [0.1, 0.15) is 0 Å². The molecule has 1 aromatic heterocycles. The number of thiazole rings is 1. The van der Waals surface area contributed by atoms with Crippen LogP contribution in [0, 0.1) is 17.8 Å². The number of benzene rings is 1. The Morgan fingerprint density at radius 1 is 1.32 bits per heavy atom. The number of nitrogens with zero attached hydrogens (tertiary/aromatic N) is 2. The van der Waals surface area contributed by atoms with Gasteiger partial charge in [-0.15, -0.1) is 11.3 Å². The number of nitrogens with one attached hydrogen (secondary N) is 1. The van der Waals surface area contributed by atoms with Gasteiger partial charge in [-0.1, -0.05) is 41.4 Å². The third-order valence-electron chi connectivity index (χ3n) is 5.35. The van der Waals surface area contributed by atoms with E-state index in [0.29, 0.717) is 34.7 Å². The minimum Gasteiger partial charge on any atom is -0.338 e. The first kappa shape index (κ1) is 19.4. The van der Waals surface area contributed by atoms with Gasteiger partial charge in [0.05, 0.1) is 21.9 Å². The third kappa shape index (κ3) is 3.95. The van der Waals surface area contributed by atoms with Crippen LogP contribution in [-0.2, 0) is 16.1 Å². The number of piperidine rings is 1. The number of rotatable bonds is 4. The van der Waals surface area contributed by atoms with E-state index in [1.165, 1.54) is 11.3 Å². The Morgan fingerprint density at radius 3 is 2.93 bits per heavy atom. The highest BCUT2D eigenvalue weighted by atomic mass is 35.5. The maximum atomic E-state index is 13.3. The van der Waals surface area contributed by atoms with Gasteiger partial charge in [0, 0.05) is 24.7 Å². The van der Waals surface area contributed by atoms with Crippen molar-refractivity contribution < 1.29 is 9.59 Å². The summed E-state index contributed by atoms with van der Waals surface area (Å²) in [6.07, 6.45) is 7.16.